The molecular formula is C16H27N. The van der Waals surface area contributed by atoms with Crippen LogP contribution in [-0.2, 0) is 0 Å². The summed E-state index contributed by atoms with van der Waals surface area (Å²) in [6.07, 6.45) is 18.3. The van der Waals surface area contributed by atoms with Gasteiger partial charge in [-0.3, -0.25) is 4.99 Å². The van der Waals surface area contributed by atoms with E-state index >= 15 is 0 Å². The van der Waals surface area contributed by atoms with E-state index in [0.717, 1.165) is 6.42 Å². The van der Waals surface area contributed by atoms with Crippen LogP contribution in [0.2, 0.25) is 0 Å². The van der Waals surface area contributed by atoms with Crippen LogP contribution in [-0.4, -0.2) is 6.21 Å². The van der Waals surface area contributed by atoms with Gasteiger partial charge in [-0.15, -0.1) is 0 Å². The maximum atomic E-state index is 4.59. The Bertz CT molecular complexity index is 256. The minimum atomic E-state index is 1.16. The van der Waals surface area contributed by atoms with E-state index in [1.807, 2.05) is 13.1 Å². The average molecular weight is 233 g/mol. The molecule has 0 aromatic carbocycles. The van der Waals surface area contributed by atoms with Crippen molar-refractivity contribution < 1.29 is 0 Å². The Morgan fingerprint density at radius 1 is 0.824 bits per heavy atom. The maximum Gasteiger partial charge on any atom is 0.0431 e. The van der Waals surface area contributed by atoms with Crippen LogP contribution in [0, 0.1) is 0 Å². The van der Waals surface area contributed by atoms with Crippen LogP contribution in [0.4, 0.5) is 0 Å². The highest BCUT2D eigenvalue weighted by Gasteiger charge is 2.05. The summed E-state index contributed by atoms with van der Waals surface area (Å²) in [6.45, 7) is 4.12. The molecule has 1 aliphatic rings. The second-order valence-electron chi connectivity index (χ2n) is 4.83. The molecule has 1 aliphatic carbocycles. The predicted molar refractivity (Wildman–Crippen MR) is 77.6 cm³/mol. The van der Waals surface area contributed by atoms with Gasteiger partial charge in [0.15, 0.2) is 0 Å². The molecule has 0 aliphatic heterocycles. The van der Waals surface area contributed by atoms with Crippen molar-refractivity contribution in [3.05, 3.63) is 23.4 Å². The molecule has 0 unspecified atom stereocenters. The largest absolute Gasteiger partial charge is 0.266 e. The van der Waals surface area contributed by atoms with Gasteiger partial charge >= 0.3 is 0 Å². The molecule has 0 saturated carbocycles. The van der Waals surface area contributed by atoms with Gasteiger partial charge in [0, 0.05) is 11.9 Å². The van der Waals surface area contributed by atoms with E-state index < -0.39 is 0 Å². The molecule has 0 fully saturated rings. The molecule has 0 heterocycles. The maximum absolute atomic E-state index is 4.59. The first-order valence-corrected chi connectivity index (χ1v) is 7.22. The van der Waals surface area contributed by atoms with Gasteiger partial charge in [0.2, 0.25) is 0 Å². The van der Waals surface area contributed by atoms with Crippen molar-refractivity contribution in [3.63, 3.8) is 0 Å². The molecule has 1 heteroatoms. The molecule has 17 heavy (non-hydrogen) atoms. The molecule has 0 N–H and O–H groups in total. The van der Waals surface area contributed by atoms with Crippen molar-refractivity contribution in [2.24, 2.45) is 4.99 Å². The van der Waals surface area contributed by atoms with Gasteiger partial charge in [-0.2, -0.15) is 0 Å². The summed E-state index contributed by atoms with van der Waals surface area (Å²) in [6, 6.07) is 0. The fourth-order valence-electron chi connectivity index (χ4n) is 2.48. The highest BCUT2D eigenvalue weighted by molar-refractivity contribution is 5.55. The third-order valence-corrected chi connectivity index (χ3v) is 3.38. The monoisotopic (exact) mass is 233 g/mol. The van der Waals surface area contributed by atoms with E-state index in [4.69, 9.17) is 0 Å². The summed E-state index contributed by atoms with van der Waals surface area (Å²) < 4.78 is 0. The van der Waals surface area contributed by atoms with Crippen molar-refractivity contribution in [3.8, 4) is 0 Å². The summed E-state index contributed by atoms with van der Waals surface area (Å²) in [5.41, 5.74) is 2.79. The highest BCUT2D eigenvalue weighted by atomic mass is 14.7. The molecule has 0 aromatic rings. The Labute approximate surface area is 107 Å². The van der Waals surface area contributed by atoms with E-state index in [1.165, 1.54) is 62.6 Å². The second kappa shape index (κ2) is 9.21. The zero-order chi connectivity index (χ0) is 12.3. The van der Waals surface area contributed by atoms with Crippen LogP contribution in [0.5, 0.6) is 0 Å². The molecule has 0 saturated heterocycles. The Morgan fingerprint density at radius 3 is 2.00 bits per heavy atom. The van der Waals surface area contributed by atoms with Gasteiger partial charge in [0.05, 0.1) is 0 Å². The lowest BCUT2D eigenvalue weighted by Gasteiger charge is -2.08. The molecule has 0 bridgehead atoms. The van der Waals surface area contributed by atoms with E-state index in [0.29, 0.717) is 0 Å². The smallest absolute Gasteiger partial charge is 0.0431 e. The quantitative estimate of drug-likeness (QED) is 0.564. The van der Waals surface area contributed by atoms with E-state index in [1.54, 1.807) is 0 Å². The Kier molecular flexibility index (Phi) is 7.70. The van der Waals surface area contributed by atoms with Crippen LogP contribution in [0.3, 0.4) is 0 Å². The Morgan fingerprint density at radius 2 is 1.41 bits per heavy atom. The Balaban J connectivity index is 2.78. The first kappa shape index (κ1) is 14.2. The molecule has 0 aromatic heterocycles. The molecule has 0 spiro atoms. The van der Waals surface area contributed by atoms with Crippen molar-refractivity contribution in [1.29, 1.82) is 0 Å². The SMILES string of the molecule is C\C=C/C1=C(\N=C/C)CCCCCCCCC1. The lowest BCUT2D eigenvalue weighted by molar-refractivity contribution is 0.586. The zero-order valence-corrected chi connectivity index (χ0v) is 11.5. The standard InChI is InChI=1S/C16H27N/c1-3-12-15-13-10-8-6-5-7-9-11-14-16(15)17-4-2/h3-4,12H,5-11,13-14H2,1-2H3/b12-3-,16-15+,17-4-. The van der Waals surface area contributed by atoms with Crippen molar-refractivity contribution in [2.75, 3.05) is 0 Å². The van der Waals surface area contributed by atoms with Gasteiger partial charge in [-0.05, 0) is 45.1 Å². The summed E-state index contributed by atoms with van der Waals surface area (Å²) in [5.74, 6) is 0. The molecule has 1 rings (SSSR count). The number of hydrogen-bond donors (Lipinski definition) is 0. The number of hydrogen-bond acceptors (Lipinski definition) is 1. The lowest BCUT2D eigenvalue weighted by atomic mass is 10.0. The first-order valence-electron chi connectivity index (χ1n) is 7.22. The first-order chi connectivity index (χ1) is 8.38. The van der Waals surface area contributed by atoms with Gasteiger partial charge in [-0.1, -0.05) is 44.3 Å². The average Bonchev–Trinajstić information content (AvgIpc) is 2.38. The molecule has 0 atom stereocenters. The number of aliphatic imine (C=N–C) groups is 1. The van der Waals surface area contributed by atoms with E-state index in [9.17, 15) is 0 Å². The van der Waals surface area contributed by atoms with Gasteiger partial charge in [-0.25, -0.2) is 0 Å². The number of nitrogens with zero attached hydrogens (tertiary/aromatic N) is 1. The second-order valence-corrected chi connectivity index (χ2v) is 4.83. The third-order valence-electron chi connectivity index (χ3n) is 3.38. The van der Waals surface area contributed by atoms with Crippen LogP contribution in [0.25, 0.3) is 0 Å². The van der Waals surface area contributed by atoms with Crippen LogP contribution in [0.15, 0.2) is 28.4 Å². The van der Waals surface area contributed by atoms with E-state index in [-0.39, 0.29) is 0 Å². The highest BCUT2D eigenvalue weighted by Crippen LogP contribution is 2.23. The Hall–Kier alpha value is -0.850. The van der Waals surface area contributed by atoms with Gasteiger partial charge in [0.1, 0.15) is 0 Å². The lowest BCUT2D eigenvalue weighted by Crippen LogP contribution is -1.90. The molecule has 96 valence electrons. The fraction of sp³-hybridized carbons (Fsp3) is 0.688. The van der Waals surface area contributed by atoms with E-state index in [2.05, 4.69) is 24.1 Å². The molecule has 0 radical (unpaired) electrons. The molecular weight excluding hydrogens is 206 g/mol. The topological polar surface area (TPSA) is 12.4 Å². The summed E-state index contributed by atoms with van der Waals surface area (Å²) >= 11 is 0. The summed E-state index contributed by atoms with van der Waals surface area (Å²) in [5, 5.41) is 0. The number of allylic oxidation sites excluding steroid dienone is 4. The number of rotatable bonds is 2. The zero-order valence-electron chi connectivity index (χ0n) is 11.5. The van der Waals surface area contributed by atoms with Crippen molar-refractivity contribution >= 4 is 6.21 Å². The summed E-state index contributed by atoms with van der Waals surface area (Å²) in [4.78, 5) is 4.59. The summed E-state index contributed by atoms with van der Waals surface area (Å²) in [7, 11) is 0. The van der Waals surface area contributed by atoms with Crippen LogP contribution in [0.1, 0.15) is 71.6 Å². The van der Waals surface area contributed by atoms with Crippen molar-refractivity contribution in [2.45, 2.75) is 71.6 Å². The molecule has 0 amide bonds. The molecule has 1 nitrogen and oxygen atoms in total. The normalized spacial score (nSPS) is 25.3. The van der Waals surface area contributed by atoms with Crippen LogP contribution >= 0.6 is 0 Å². The minimum Gasteiger partial charge on any atom is -0.266 e. The third kappa shape index (κ3) is 5.86. The fourth-order valence-corrected chi connectivity index (χ4v) is 2.48. The van der Waals surface area contributed by atoms with Gasteiger partial charge in [0.25, 0.3) is 0 Å². The van der Waals surface area contributed by atoms with Gasteiger partial charge < -0.3 is 0 Å². The predicted octanol–water partition coefficient (Wildman–Crippen LogP) is 5.43. The minimum absolute atomic E-state index is 1.16. The van der Waals surface area contributed by atoms with Crippen molar-refractivity contribution in [1.82, 2.24) is 0 Å². The van der Waals surface area contributed by atoms with Crippen LogP contribution < -0.4 is 0 Å².